The quantitative estimate of drug-likeness (QED) is 0.846. The summed E-state index contributed by atoms with van der Waals surface area (Å²) in [4.78, 5) is 20.4. The van der Waals surface area contributed by atoms with Crippen molar-refractivity contribution in [2.24, 2.45) is 11.3 Å². The minimum atomic E-state index is 0.0746. The molecule has 1 aliphatic heterocycles. The van der Waals surface area contributed by atoms with Gasteiger partial charge in [-0.1, -0.05) is 38.5 Å². The van der Waals surface area contributed by atoms with E-state index in [1.54, 1.807) is 11.3 Å². The van der Waals surface area contributed by atoms with Gasteiger partial charge in [0.2, 0.25) is 0 Å². The van der Waals surface area contributed by atoms with Crippen LogP contribution >= 0.6 is 11.3 Å². The number of anilines is 1. The van der Waals surface area contributed by atoms with Gasteiger partial charge in [0.15, 0.2) is 10.9 Å². The van der Waals surface area contributed by atoms with Crippen molar-refractivity contribution in [2.45, 2.75) is 52.9 Å². The summed E-state index contributed by atoms with van der Waals surface area (Å²) in [5.74, 6) is 1.11. The van der Waals surface area contributed by atoms with Gasteiger partial charge in [0, 0.05) is 19.5 Å². The number of hydrogen-bond donors (Lipinski definition) is 0. The van der Waals surface area contributed by atoms with Crippen LogP contribution in [0.3, 0.4) is 0 Å². The Hall–Kier alpha value is -0.900. The molecule has 2 aliphatic rings. The van der Waals surface area contributed by atoms with Crippen LogP contribution in [-0.2, 0) is 6.42 Å². The topological polar surface area (TPSA) is 33.2 Å². The van der Waals surface area contributed by atoms with Crippen molar-refractivity contribution in [3.63, 3.8) is 0 Å². The zero-order chi connectivity index (χ0) is 14.3. The molecule has 1 fully saturated rings. The highest BCUT2D eigenvalue weighted by Gasteiger charge is 2.35. The van der Waals surface area contributed by atoms with Crippen LogP contribution in [0.2, 0.25) is 0 Å². The van der Waals surface area contributed by atoms with Crippen LogP contribution in [0.4, 0.5) is 5.13 Å². The van der Waals surface area contributed by atoms with Crippen LogP contribution in [0.1, 0.15) is 61.8 Å². The Balaban J connectivity index is 1.79. The summed E-state index contributed by atoms with van der Waals surface area (Å²) in [5.41, 5.74) is 1.12. The number of fused-ring (bicyclic) bond motifs is 1. The van der Waals surface area contributed by atoms with E-state index < -0.39 is 0 Å². The van der Waals surface area contributed by atoms with Gasteiger partial charge in [-0.2, -0.15) is 0 Å². The first kappa shape index (κ1) is 14.1. The number of aromatic nitrogens is 1. The first-order chi connectivity index (χ1) is 9.48. The van der Waals surface area contributed by atoms with E-state index in [2.05, 4.69) is 25.7 Å². The fourth-order valence-electron chi connectivity index (χ4n) is 3.49. The van der Waals surface area contributed by atoms with Gasteiger partial charge in [0.25, 0.3) is 0 Å². The number of Topliss-reactive ketones (excluding diaryl/α,β-unsaturated/α-hetero) is 1. The molecular weight excluding hydrogens is 268 g/mol. The molecule has 0 saturated carbocycles. The molecule has 1 unspecified atom stereocenters. The smallest absolute Gasteiger partial charge is 0.186 e. The number of hydrogen-bond acceptors (Lipinski definition) is 4. The van der Waals surface area contributed by atoms with E-state index in [9.17, 15) is 4.79 Å². The van der Waals surface area contributed by atoms with Crippen molar-refractivity contribution in [1.82, 2.24) is 4.98 Å². The van der Waals surface area contributed by atoms with E-state index in [4.69, 9.17) is 4.98 Å². The SMILES string of the molecule is CCCC1CCN(c2nc3c(s2)C(=O)CC(C)(C)C3)C1. The lowest BCUT2D eigenvalue weighted by Gasteiger charge is -2.26. The summed E-state index contributed by atoms with van der Waals surface area (Å²) < 4.78 is 0. The van der Waals surface area contributed by atoms with E-state index in [-0.39, 0.29) is 5.41 Å². The maximum Gasteiger partial charge on any atom is 0.186 e. The second-order valence-corrected chi connectivity index (χ2v) is 8.08. The standard InChI is InChI=1S/C16H24N2OS/c1-4-5-11-6-7-18(10-11)15-17-12-8-16(2,3)9-13(19)14(12)20-15/h11H,4-10H2,1-3H3. The number of ketones is 1. The predicted octanol–water partition coefficient (Wildman–Crippen LogP) is 3.92. The lowest BCUT2D eigenvalue weighted by Crippen LogP contribution is -2.26. The highest BCUT2D eigenvalue weighted by atomic mass is 32.1. The molecule has 1 atom stereocenters. The first-order valence-electron chi connectivity index (χ1n) is 7.76. The van der Waals surface area contributed by atoms with Crippen molar-refractivity contribution >= 4 is 22.3 Å². The van der Waals surface area contributed by atoms with E-state index >= 15 is 0 Å². The molecule has 1 saturated heterocycles. The monoisotopic (exact) mass is 292 g/mol. The number of carbonyl (C=O) groups is 1. The molecule has 110 valence electrons. The van der Waals surface area contributed by atoms with E-state index in [1.165, 1.54) is 19.3 Å². The van der Waals surface area contributed by atoms with Crippen molar-refractivity contribution in [3.8, 4) is 0 Å². The molecule has 0 N–H and O–H groups in total. The molecule has 4 heteroatoms. The average molecular weight is 292 g/mol. The molecule has 1 aromatic heterocycles. The van der Waals surface area contributed by atoms with Gasteiger partial charge < -0.3 is 4.90 Å². The Morgan fingerprint density at radius 1 is 1.40 bits per heavy atom. The molecule has 20 heavy (non-hydrogen) atoms. The highest BCUT2D eigenvalue weighted by Crippen LogP contribution is 2.40. The summed E-state index contributed by atoms with van der Waals surface area (Å²) in [6, 6.07) is 0. The van der Waals surface area contributed by atoms with Gasteiger partial charge >= 0.3 is 0 Å². The molecular formula is C16H24N2OS. The Bertz CT molecular complexity index is 521. The Labute approximate surface area is 125 Å². The van der Waals surface area contributed by atoms with Crippen LogP contribution < -0.4 is 4.90 Å². The van der Waals surface area contributed by atoms with E-state index in [0.29, 0.717) is 12.2 Å². The van der Waals surface area contributed by atoms with Gasteiger partial charge in [0.05, 0.1) is 10.6 Å². The maximum absolute atomic E-state index is 12.2. The second-order valence-electron chi connectivity index (χ2n) is 7.10. The fraction of sp³-hybridized carbons (Fsp3) is 0.750. The van der Waals surface area contributed by atoms with Crippen LogP contribution in [0, 0.1) is 11.3 Å². The molecule has 0 bridgehead atoms. The minimum absolute atomic E-state index is 0.0746. The lowest BCUT2D eigenvalue weighted by molar-refractivity contribution is 0.0916. The number of rotatable bonds is 3. The molecule has 2 heterocycles. The Kier molecular flexibility index (Phi) is 3.61. The lowest BCUT2D eigenvalue weighted by atomic mass is 9.78. The van der Waals surface area contributed by atoms with Crippen molar-refractivity contribution in [3.05, 3.63) is 10.6 Å². The number of thiazole rings is 1. The second kappa shape index (κ2) is 5.14. The third-order valence-electron chi connectivity index (χ3n) is 4.48. The number of nitrogens with zero attached hydrogens (tertiary/aromatic N) is 2. The largest absolute Gasteiger partial charge is 0.348 e. The normalized spacial score (nSPS) is 25.1. The number of carbonyl (C=O) groups excluding carboxylic acids is 1. The van der Waals surface area contributed by atoms with Crippen LogP contribution in [-0.4, -0.2) is 23.9 Å². The third kappa shape index (κ3) is 2.62. The summed E-state index contributed by atoms with van der Waals surface area (Å²) >= 11 is 1.63. The van der Waals surface area contributed by atoms with Gasteiger partial charge in [0.1, 0.15) is 0 Å². The van der Waals surface area contributed by atoms with Gasteiger partial charge in [-0.05, 0) is 30.6 Å². The van der Waals surface area contributed by atoms with Gasteiger partial charge in [-0.3, -0.25) is 4.79 Å². The van der Waals surface area contributed by atoms with Crippen molar-refractivity contribution in [1.29, 1.82) is 0 Å². The van der Waals surface area contributed by atoms with Crippen LogP contribution in [0.15, 0.2) is 0 Å². The predicted molar refractivity (Wildman–Crippen MR) is 83.8 cm³/mol. The minimum Gasteiger partial charge on any atom is -0.348 e. The van der Waals surface area contributed by atoms with Crippen molar-refractivity contribution in [2.75, 3.05) is 18.0 Å². The Morgan fingerprint density at radius 2 is 2.20 bits per heavy atom. The molecule has 1 aliphatic carbocycles. The molecule has 0 amide bonds. The molecule has 1 aromatic rings. The molecule has 0 aromatic carbocycles. The molecule has 3 rings (SSSR count). The van der Waals surface area contributed by atoms with E-state index in [1.807, 2.05) is 0 Å². The van der Waals surface area contributed by atoms with Gasteiger partial charge in [-0.25, -0.2) is 4.98 Å². The summed E-state index contributed by atoms with van der Waals surface area (Å²) in [6.07, 6.45) is 5.46. The van der Waals surface area contributed by atoms with Gasteiger partial charge in [-0.15, -0.1) is 0 Å². The highest BCUT2D eigenvalue weighted by molar-refractivity contribution is 7.17. The van der Waals surface area contributed by atoms with Crippen LogP contribution in [0.5, 0.6) is 0 Å². The Morgan fingerprint density at radius 3 is 2.95 bits per heavy atom. The molecule has 0 spiro atoms. The zero-order valence-electron chi connectivity index (χ0n) is 12.7. The van der Waals surface area contributed by atoms with E-state index in [0.717, 1.165) is 41.1 Å². The molecule has 3 nitrogen and oxygen atoms in total. The third-order valence-corrected chi connectivity index (χ3v) is 5.68. The van der Waals surface area contributed by atoms with Crippen LogP contribution in [0.25, 0.3) is 0 Å². The zero-order valence-corrected chi connectivity index (χ0v) is 13.6. The van der Waals surface area contributed by atoms with Crippen molar-refractivity contribution < 1.29 is 4.79 Å². The fourth-order valence-corrected chi connectivity index (χ4v) is 4.55. The maximum atomic E-state index is 12.2. The summed E-state index contributed by atoms with van der Waals surface area (Å²) in [5, 5.41) is 1.08. The first-order valence-corrected chi connectivity index (χ1v) is 8.58. The average Bonchev–Trinajstić information content (AvgIpc) is 2.94. The summed E-state index contributed by atoms with van der Waals surface area (Å²) in [7, 11) is 0. The summed E-state index contributed by atoms with van der Waals surface area (Å²) in [6.45, 7) is 8.82. The molecule has 0 radical (unpaired) electrons.